The van der Waals surface area contributed by atoms with Crippen molar-refractivity contribution < 1.29 is 25.3 Å². The van der Waals surface area contributed by atoms with E-state index in [2.05, 4.69) is 65.1 Å². The number of benzene rings is 3. The van der Waals surface area contributed by atoms with Gasteiger partial charge in [0, 0.05) is 52.5 Å². The Hall–Kier alpha value is -3.72. The summed E-state index contributed by atoms with van der Waals surface area (Å²) in [6.45, 7) is 1.94. The molecule has 9 aromatic rings. The Bertz CT molecular complexity index is 3240. The van der Waals surface area contributed by atoms with Gasteiger partial charge in [-0.1, -0.05) is 77.8 Å². The van der Waals surface area contributed by atoms with Gasteiger partial charge in [-0.2, -0.15) is 0 Å². The molecule has 306 valence electrons. The zero-order valence-corrected chi connectivity index (χ0v) is 40.9. The number of pyridine rings is 2. The van der Waals surface area contributed by atoms with Crippen molar-refractivity contribution in [2.75, 3.05) is 0 Å². The maximum absolute atomic E-state index is 12.7. The van der Waals surface area contributed by atoms with Crippen LogP contribution >= 0.6 is 91.0 Å². The van der Waals surface area contributed by atoms with E-state index in [4.69, 9.17) is 23.2 Å². The summed E-state index contributed by atoms with van der Waals surface area (Å²) in [7, 11) is -11.0. The summed E-state index contributed by atoms with van der Waals surface area (Å²) in [6, 6.07) is 28.5. The predicted octanol–water partition coefficient (Wildman–Crippen LogP) is 9.64. The molecule has 0 aliphatic carbocycles. The minimum atomic E-state index is -3.70. The number of halogens is 5. The highest BCUT2D eigenvalue weighted by Crippen LogP contribution is 2.31. The van der Waals surface area contributed by atoms with E-state index in [1.807, 2.05) is 35.6 Å². The number of nitrogens with zero attached hydrogens (tertiary/aromatic N) is 7. The molecule has 0 fully saturated rings. The average molecular weight is 1240 g/mol. The predicted molar refractivity (Wildman–Crippen MR) is 257 cm³/mol. The monoisotopic (exact) mass is 1230 g/mol. The van der Waals surface area contributed by atoms with Crippen molar-refractivity contribution in [2.24, 2.45) is 0 Å². The summed E-state index contributed by atoms with van der Waals surface area (Å²) < 4.78 is 81.8. The van der Waals surface area contributed by atoms with E-state index in [1.54, 1.807) is 104 Å². The largest absolute Gasteiger partial charge is 0.269 e. The molecule has 6 aromatic heterocycles. The first-order valence-electron chi connectivity index (χ1n) is 17.1. The van der Waals surface area contributed by atoms with Crippen molar-refractivity contribution in [3.63, 3.8) is 0 Å². The van der Waals surface area contributed by atoms with Crippen LogP contribution in [0.2, 0.25) is 10.2 Å². The highest BCUT2D eigenvalue weighted by Gasteiger charge is 2.24. The van der Waals surface area contributed by atoms with Crippen molar-refractivity contribution in [3.8, 4) is 0 Å². The second-order valence-electron chi connectivity index (χ2n) is 12.5. The minimum absolute atomic E-state index is 0.197. The molecular formula is C39H26Cl2I3N7O6S3. The quantitative estimate of drug-likeness (QED) is 0.115. The van der Waals surface area contributed by atoms with Crippen LogP contribution in [-0.2, 0) is 30.1 Å². The number of aromatic nitrogens is 7. The van der Waals surface area contributed by atoms with Crippen LogP contribution in [0.5, 0.6) is 0 Å². The second kappa shape index (κ2) is 17.9. The molecule has 0 saturated heterocycles. The summed E-state index contributed by atoms with van der Waals surface area (Å²) in [4.78, 5) is 17.0. The van der Waals surface area contributed by atoms with Crippen molar-refractivity contribution in [1.29, 1.82) is 0 Å². The maximum Gasteiger partial charge on any atom is 0.269 e. The Balaban J connectivity index is 0.000000136. The van der Waals surface area contributed by atoms with E-state index >= 15 is 0 Å². The lowest BCUT2D eigenvalue weighted by molar-refractivity contribution is 0.587. The molecule has 0 bridgehead atoms. The number of hydrogen-bond donors (Lipinski definition) is 0. The fraction of sp³-hybridized carbons (Fsp3) is 0.0256. The molecule has 0 aliphatic rings. The van der Waals surface area contributed by atoms with Crippen LogP contribution in [0.25, 0.3) is 33.1 Å². The van der Waals surface area contributed by atoms with Crippen LogP contribution in [-0.4, -0.2) is 57.1 Å². The summed E-state index contributed by atoms with van der Waals surface area (Å²) >= 11 is 18.1. The van der Waals surface area contributed by atoms with E-state index in [9.17, 15) is 25.3 Å². The van der Waals surface area contributed by atoms with Crippen LogP contribution in [0.1, 0.15) is 5.56 Å². The van der Waals surface area contributed by atoms with Crippen LogP contribution in [0.4, 0.5) is 0 Å². The third-order valence-corrected chi connectivity index (χ3v) is 16.6. The minimum Gasteiger partial charge on any atom is -0.237 e. The molecule has 0 aliphatic heterocycles. The average Bonchev–Trinajstić information content (AvgIpc) is 3.90. The maximum atomic E-state index is 12.7. The molecule has 3 aromatic carbocycles. The Morgan fingerprint density at radius 2 is 0.900 bits per heavy atom. The number of hydrogen-bond acceptors (Lipinski definition) is 10. The Kier molecular flexibility index (Phi) is 13.3. The molecule has 0 saturated carbocycles. The molecule has 0 amide bonds. The fourth-order valence-corrected chi connectivity index (χ4v) is 13.1. The molecule has 60 heavy (non-hydrogen) atoms. The summed E-state index contributed by atoms with van der Waals surface area (Å²) in [5.41, 5.74) is 2.12. The van der Waals surface area contributed by atoms with Crippen LogP contribution in [0, 0.1) is 17.6 Å². The Labute approximate surface area is 395 Å². The van der Waals surface area contributed by atoms with Crippen molar-refractivity contribution in [3.05, 3.63) is 167 Å². The summed E-state index contributed by atoms with van der Waals surface area (Å²) in [6.07, 6.45) is 9.02. The van der Waals surface area contributed by atoms with Gasteiger partial charge in [0.25, 0.3) is 30.1 Å². The number of aryl methyl sites for hydroxylation is 1. The van der Waals surface area contributed by atoms with Crippen molar-refractivity contribution in [1.82, 2.24) is 31.9 Å². The smallest absolute Gasteiger partial charge is 0.237 e. The topological polar surface area (TPSA) is 169 Å². The van der Waals surface area contributed by atoms with Gasteiger partial charge in [-0.3, -0.25) is 0 Å². The highest BCUT2D eigenvalue weighted by atomic mass is 127. The summed E-state index contributed by atoms with van der Waals surface area (Å²) in [5.74, 6) is 0. The van der Waals surface area contributed by atoms with Crippen molar-refractivity contribution >= 4 is 154 Å². The van der Waals surface area contributed by atoms with Gasteiger partial charge in [0.1, 0.15) is 11.5 Å². The molecule has 21 heteroatoms. The van der Waals surface area contributed by atoms with Gasteiger partial charge in [0.05, 0.1) is 25.1 Å². The highest BCUT2D eigenvalue weighted by molar-refractivity contribution is 14.1. The third kappa shape index (κ3) is 8.81. The van der Waals surface area contributed by atoms with Gasteiger partial charge in [-0.05, 0) is 129 Å². The molecule has 0 radical (unpaired) electrons. The SMILES string of the molecule is Cc1cnc2c(c1)c(I)cn2S(=O)(=O)c1ccccc1.O=S(=O)(c1ccccc1)n1cc(I)c2c(Cl)ncnc21.O=S(=O)(c1ccccc1)n1cc(I)c2cc(Cl)cnc21. The molecule has 0 spiro atoms. The molecule has 0 unspecified atom stereocenters. The zero-order chi connectivity index (χ0) is 43.0. The first-order chi connectivity index (χ1) is 28.5. The second-order valence-corrected chi connectivity index (χ2v) is 22.3. The normalized spacial score (nSPS) is 11.9. The Morgan fingerprint density at radius 3 is 1.37 bits per heavy atom. The van der Waals surface area contributed by atoms with E-state index < -0.39 is 30.1 Å². The van der Waals surface area contributed by atoms with E-state index in [0.29, 0.717) is 25.3 Å². The molecule has 9 rings (SSSR count). The first-order valence-corrected chi connectivity index (χ1v) is 25.4. The van der Waals surface area contributed by atoms with Crippen LogP contribution in [0.3, 0.4) is 0 Å². The van der Waals surface area contributed by atoms with E-state index in [-0.39, 0.29) is 25.5 Å². The lowest BCUT2D eigenvalue weighted by Gasteiger charge is -2.06. The van der Waals surface area contributed by atoms with Gasteiger partial charge < -0.3 is 0 Å². The van der Waals surface area contributed by atoms with Crippen LogP contribution in [0.15, 0.2) is 155 Å². The number of fused-ring (bicyclic) bond motifs is 3. The fourth-order valence-electron chi connectivity index (χ4n) is 5.79. The third-order valence-electron chi connectivity index (χ3n) is 8.59. The zero-order valence-electron chi connectivity index (χ0n) is 30.5. The van der Waals surface area contributed by atoms with Gasteiger partial charge in [0.15, 0.2) is 16.9 Å². The van der Waals surface area contributed by atoms with Crippen molar-refractivity contribution in [2.45, 2.75) is 21.6 Å². The standard InChI is InChI=1S/C14H11IN2O2S.C13H8ClIN2O2S.C12H7ClIN3O2S/c1-10-7-12-13(15)9-17(14(12)16-8-10)20(18,19)11-5-3-2-4-6-11;14-9-6-11-12(15)8-17(13(11)16-7-9)20(18,19)10-4-2-1-3-5-10;13-11-10-9(14)6-17(12(10)16-7-15-11)20(18,19)8-4-2-1-3-5-8/h2-9H,1H3;1-8H;1-7H. The molecule has 13 nitrogen and oxygen atoms in total. The van der Waals surface area contributed by atoms with E-state index in [0.717, 1.165) is 27.4 Å². The van der Waals surface area contributed by atoms with Crippen LogP contribution < -0.4 is 0 Å². The first kappa shape index (κ1) is 44.3. The van der Waals surface area contributed by atoms with Gasteiger partial charge in [-0.15, -0.1) is 0 Å². The van der Waals surface area contributed by atoms with Gasteiger partial charge in [-0.25, -0.2) is 57.1 Å². The molecule has 0 N–H and O–H groups in total. The molecule has 6 heterocycles. The molecular weight excluding hydrogens is 1210 g/mol. The lowest BCUT2D eigenvalue weighted by Crippen LogP contribution is -2.12. The molecule has 0 atom stereocenters. The Morgan fingerprint density at radius 1 is 0.500 bits per heavy atom. The van der Waals surface area contributed by atoms with Gasteiger partial charge in [0.2, 0.25) is 0 Å². The van der Waals surface area contributed by atoms with E-state index in [1.165, 1.54) is 38.8 Å². The summed E-state index contributed by atoms with van der Waals surface area (Å²) in [5, 5.41) is 2.82. The van der Waals surface area contributed by atoms with Gasteiger partial charge >= 0.3 is 0 Å². The lowest BCUT2D eigenvalue weighted by atomic mass is 10.2. The number of rotatable bonds is 6.